The van der Waals surface area contributed by atoms with Crippen molar-refractivity contribution in [3.05, 3.63) is 29.8 Å². The molecule has 0 radical (unpaired) electrons. The van der Waals surface area contributed by atoms with E-state index in [1.54, 1.807) is 12.1 Å². The largest absolute Gasteiger partial charge is 0.379 e. The van der Waals surface area contributed by atoms with Gasteiger partial charge in [0.1, 0.15) is 6.07 Å². The molecule has 1 aromatic rings. The number of hydrogen-bond acceptors (Lipinski definition) is 5. The predicted octanol–water partition coefficient (Wildman–Crippen LogP) is 0.169. The molecule has 0 amide bonds. The number of sulfonamides is 1. The van der Waals surface area contributed by atoms with Gasteiger partial charge in [0.15, 0.2) is 0 Å². The maximum absolute atomic E-state index is 12.1. The Kier molecular flexibility index (Phi) is 5.09. The molecule has 1 aliphatic heterocycles. The molecule has 1 aromatic carbocycles. The van der Waals surface area contributed by atoms with Gasteiger partial charge in [-0.3, -0.25) is 4.90 Å². The summed E-state index contributed by atoms with van der Waals surface area (Å²) in [6.45, 7) is 3.96. The minimum absolute atomic E-state index is 0.0319. The number of morpholine rings is 1. The molecule has 0 aromatic heterocycles. The molecule has 0 saturated carbocycles. The lowest BCUT2D eigenvalue weighted by Crippen LogP contribution is -2.41. The summed E-state index contributed by atoms with van der Waals surface area (Å²) in [7, 11) is -3.63. The smallest absolute Gasteiger partial charge is 0.241 e. The summed E-state index contributed by atoms with van der Waals surface area (Å²) in [6.07, 6.45) is 0. The molecule has 6 nitrogen and oxygen atoms in total. The number of nitrogens with one attached hydrogen (secondary N) is 1. The van der Waals surface area contributed by atoms with E-state index in [0.717, 1.165) is 13.1 Å². The third-order valence-electron chi connectivity index (χ3n) is 3.12. The van der Waals surface area contributed by atoms with Crippen LogP contribution in [0.15, 0.2) is 29.2 Å². The summed E-state index contributed by atoms with van der Waals surface area (Å²) in [5.74, 6) is 0. The van der Waals surface area contributed by atoms with Crippen molar-refractivity contribution < 1.29 is 13.2 Å². The average molecular weight is 295 g/mol. The lowest BCUT2D eigenvalue weighted by Gasteiger charge is -2.26. The van der Waals surface area contributed by atoms with E-state index in [2.05, 4.69) is 9.62 Å². The van der Waals surface area contributed by atoms with Gasteiger partial charge in [-0.1, -0.05) is 12.1 Å². The van der Waals surface area contributed by atoms with Gasteiger partial charge in [-0.25, -0.2) is 13.1 Å². The minimum atomic E-state index is -3.63. The quantitative estimate of drug-likeness (QED) is 0.837. The zero-order valence-corrected chi connectivity index (χ0v) is 11.9. The van der Waals surface area contributed by atoms with Gasteiger partial charge in [-0.15, -0.1) is 0 Å². The van der Waals surface area contributed by atoms with Crippen LogP contribution in [0.3, 0.4) is 0 Å². The highest BCUT2D eigenvalue weighted by atomic mass is 32.2. The summed E-state index contributed by atoms with van der Waals surface area (Å²) >= 11 is 0. The van der Waals surface area contributed by atoms with Crippen LogP contribution in [-0.2, 0) is 14.8 Å². The van der Waals surface area contributed by atoms with E-state index in [-0.39, 0.29) is 10.5 Å². The molecular weight excluding hydrogens is 278 g/mol. The molecule has 1 N–H and O–H groups in total. The Morgan fingerprint density at radius 1 is 1.30 bits per heavy atom. The Balaban J connectivity index is 1.95. The third-order valence-corrected chi connectivity index (χ3v) is 4.64. The number of benzene rings is 1. The molecule has 1 saturated heterocycles. The number of hydrogen-bond donors (Lipinski definition) is 1. The Bertz CT molecular complexity index is 589. The highest BCUT2D eigenvalue weighted by Crippen LogP contribution is 2.13. The van der Waals surface area contributed by atoms with E-state index < -0.39 is 10.0 Å². The molecule has 0 spiro atoms. The van der Waals surface area contributed by atoms with Gasteiger partial charge in [0.05, 0.1) is 23.7 Å². The number of rotatable bonds is 5. The molecule has 7 heteroatoms. The number of nitriles is 1. The summed E-state index contributed by atoms with van der Waals surface area (Å²) in [5, 5.41) is 8.95. The Hall–Kier alpha value is -1.46. The molecule has 1 fully saturated rings. The summed E-state index contributed by atoms with van der Waals surface area (Å²) in [6, 6.07) is 8.08. The molecule has 0 unspecified atom stereocenters. The van der Waals surface area contributed by atoms with Crippen LogP contribution in [-0.4, -0.2) is 52.7 Å². The second kappa shape index (κ2) is 6.81. The number of ether oxygens (including phenoxy) is 1. The van der Waals surface area contributed by atoms with Gasteiger partial charge in [-0.2, -0.15) is 5.26 Å². The highest BCUT2D eigenvalue weighted by Gasteiger charge is 2.18. The first kappa shape index (κ1) is 14.9. The fourth-order valence-electron chi connectivity index (χ4n) is 2.03. The topological polar surface area (TPSA) is 82.4 Å². The van der Waals surface area contributed by atoms with Gasteiger partial charge < -0.3 is 4.74 Å². The molecule has 0 atom stereocenters. The summed E-state index contributed by atoms with van der Waals surface area (Å²) < 4.78 is 32.1. The van der Waals surface area contributed by atoms with Crippen molar-refractivity contribution >= 4 is 10.0 Å². The fourth-order valence-corrected chi connectivity index (χ4v) is 3.21. The van der Waals surface area contributed by atoms with E-state index in [0.29, 0.717) is 26.3 Å². The lowest BCUT2D eigenvalue weighted by atomic mass is 10.2. The Morgan fingerprint density at radius 2 is 2.00 bits per heavy atom. The molecule has 108 valence electrons. The zero-order valence-electron chi connectivity index (χ0n) is 11.1. The van der Waals surface area contributed by atoms with E-state index in [9.17, 15) is 8.42 Å². The normalized spacial score (nSPS) is 16.8. The van der Waals surface area contributed by atoms with E-state index >= 15 is 0 Å². The molecular formula is C13H17N3O3S. The molecule has 20 heavy (non-hydrogen) atoms. The van der Waals surface area contributed by atoms with Crippen molar-refractivity contribution in [3.8, 4) is 6.07 Å². The Labute approximate surface area is 119 Å². The maximum Gasteiger partial charge on any atom is 0.241 e. The molecule has 1 heterocycles. The van der Waals surface area contributed by atoms with Gasteiger partial charge in [0, 0.05) is 26.2 Å². The van der Waals surface area contributed by atoms with Crippen LogP contribution in [0.1, 0.15) is 5.56 Å². The Morgan fingerprint density at radius 3 is 2.70 bits per heavy atom. The number of nitrogens with zero attached hydrogens (tertiary/aromatic N) is 2. The molecule has 0 aliphatic carbocycles. The van der Waals surface area contributed by atoms with Crippen molar-refractivity contribution in [3.63, 3.8) is 0 Å². The zero-order chi connectivity index (χ0) is 14.4. The average Bonchev–Trinajstić information content (AvgIpc) is 2.48. The fraction of sp³-hybridized carbons (Fsp3) is 0.462. The van der Waals surface area contributed by atoms with Crippen LogP contribution < -0.4 is 4.72 Å². The van der Waals surface area contributed by atoms with Crippen molar-refractivity contribution in [2.45, 2.75) is 4.90 Å². The second-order valence-corrected chi connectivity index (χ2v) is 6.20. The maximum atomic E-state index is 12.1. The van der Waals surface area contributed by atoms with Crippen LogP contribution in [0.25, 0.3) is 0 Å². The van der Waals surface area contributed by atoms with Crippen molar-refractivity contribution in [2.75, 3.05) is 39.4 Å². The predicted molar refractivity (Wildman–Crippen MR) is 73.6 cm³/mol. The lowest BCUT2D eigenvalue weighted by molar-refractivity contribution is 0.0390. The molecule has 1 aliphatic rings. The van der Waals surface area contributed by atoms with Crippen molar-refractivity contribution in [1.29, 1.82) is 5.26 Å². The van der Waals surface area contributed by atoms with Crippen LogP contribution in [0, 0.1) is 11.3 Å². The standard InChI is InChI=1S/C13H17N3O3S/c14-11-12-3-1-2-4-13(12)20(17,18)15-5-6-16-7-9-19-10-8-16/h1-4,15H,5-10H2. The summed E-state index contributed by atoms with van der Waals surface area (Å²) in [5.41, 5.74) is 0.159. The summed E-state index contributed by atoms with van der Waals surface area (Å²) in [4.78, 5) is 2.17. The first-order valence-electron chi connectivity index (χ1n) is 6.42. The van der Waals surface area contributed by atoms with Crippen LogP contribution >= 0.6 is 0 Å². The second-order valence-electron chi connectivity index (χ2n) is 4.46. The van der Waals surface area contributed by atoms with Crippen molar-refractivity contribution in [2.24, 2.45) is 0 Å². The van der Waals surface area contributed by atoms with Gasteiger partial charge in [0.25, 0.3) is 0 Å². The first-order chi connectivity index (χ1) is 9.63. The van der Waals surface area contributed by atoms with Crippen LogP contribution in [0.2, 0.25) is 0 Å². The van der Waals surface area contributed by atoms with E-state index in [4.69, 9.17) is 10.00 Å². The molecule has 0 bridgehead atoms. The van der Waals surface area contributed by atoms with Crippen LogP contribution in [0.4, 0.5) is 0 Å². The van der Waals surface area contributed by atoms with Crippen LogP contribution in [0.5, 0.6) is 0 Å². The van der Waals surface area contributed by atoms with Gasteiger partial charge in [0.2, 0.25) is 10.0 Å². The third kappa shape index (κ3) is 3.77. The monoisotopic (exact) mass is 295 g/mol. The van der Waals surface area contributed by atoms with Crippen molar-refractivity contribution in [1.82, 2.24) is 9.62 Å². The van der Waals surface area contributed by atoms with Gasteiger partial charge >= 0.3 is 0 Å². The molecule has 2 rings (SSSR count). The van der Waals surface area contributed by atoms with E-state index in [1.807, 2.05) is 6.07 Å². The highest BCUT2D eigenvalue weighted by molar-refractivity contribution is 7.89. The first-order valence-corrected chi connectivity index (χ1v) is 7.91. The SMILES string of the molecule is N#Cc1ccccc1S(=O)(=O)NCCN1CCOCC1. The van der Waals surface area contributed by atoms with Gasteiger partial charge in [-0.05, 0) is 12.1 Å². The minimum Gasteiger partial charge on any atom is -0.379 e. The van der Waals surface area contributed by atoms with E-state index in [1.165, 1.54) is 12.1 Å².